The number of hydrogen-bond acceptors (Lipinski definition) is 8. The molecule has 0 aliphatic rings. The van der Waals surface area contributed by atoms with Crippen LogP contribution in [0.3, 0.4) is 0 Å². The molecule has 146 valence electrons. The smallest absolute Gasteiger partial charge is 0.377 e. The number of carbonyl (C=O) groups excluding carboxylic acids is 2. The van der Waals surface area contributed by atoms with Crippen molar-refractivity contribution >= 4 is 47.4 Å². The number of Topliss-reactive ketones (excluding diaryl/α,β-unsaturated/α-hetero) is 2. The van der Waals surface area contributed by atoms with E-state index in [0.29, 0.717) is 0 Å². The number of carbonyl (C=O) groups is 8. The standard InChI is InChI=1S/C14H6O14/c15-7(13(25)26)1-2(8(16)14(27)28)4(10(19)20)6(12(23)24)5(11(21)22)3(1)9(17)18/h(H,17,18)(H,19,20)(H,21,22)(H,23,24)(H,25,26)(H,27,28). The van der Waals surface area contributed by atoms with Crippen LogP contribution in [-0.4, -0.2) is 78.0 Å². The minimum absolute atomic E-state index is 1.83. The van der Waals surface area contributed by atoms with Crippen LogP contribution in [0.1, 0.15) is 62.1 Å². The molecule has 0 spiro atoms. The van der Waals surface area contributed by atoms with Gasteiger partial charge in [-0.2, -0.15) is 0 Å². The number of rotatable bonds is 8. The first-order chi connectivity index (χ1) is 12.7. The van der Waals surface area contributed by atoms with Crippen molar-refractivity contribution in [3.05, 3.63) is 33.4 Å². The SMILES string of the molecule is O=C(O)C(=O)c1c(C(=O)O)c(C(=O)O)c(C(=O)O)c(C(=O)O)c1C(=O)C(=O)O. The molecule has 1 aromatic rings. The molecule has 0 saturated heterocycles. The molecule has 28 heavy (non-hydrogen) atoms. The molecular weight excluding hydrogens is 392 g/mol. The van der Waals surface area contributed by atoms with Crippen molar-refractivity contribution in [1.29, 1.82) is 0 Å². The lowest BCUT2D eigenvalue weighted by Crippen LogP contribution is -2.31. The normalized spacial score (nSPS) is 10.0. The van der Waals surface area contributed by atoms with Gasteiger partial charge >= 0.3 is 35.8 Å². The Kier molecular flexibility index (Phi) is 5.60. The quantitative estimate of drug-likeness (QED) is 0.227. The second kappa shape index (κ2) is 7.32. The summed E-state index contributed by atoms with van der Waals surface area (Å²) in [6, 6.07) is 0. The van der Waals surface area contributed by atoms with Gasteiger partial charge in [0.05, 0.1) is 33.4 Å². The Morgan fingerprint density at radius 1 is 0.357 bits per heavy atom. The molecule has 0 amide bonds. The second-order valence-electron chi connectivity index (χ2n) is 4.74. The van der Waals surface area contributed by atoms with Crippen LogP contribution in [0, 0.1) is 0 Å². The fourth-order valence-corrected chi connectivity index (χ4v) is 2.27. The number of carboxylic acids is 6. The maximum Gasteiger partial charge on any atom is 0.377 e. The highest BCUT2D eigenvalue weighted by Crippen LogP contribution is 2.31. The Labute approximate surface area is 150 Å². The van der Waals surface area contributed by atoms with Crippen LogP contribution in [0.4, 0.5) is 0 Å². The molecule has 0 atom stereocenters. The van der Waals surface area contributed by atoms with E-state index in [1.165, 1.54) is 0 Å². The van der Waals surface area contributed by atoms with Crippen molar-refractivity contribution in [3.63, 3.8) is 0 Å². The minimum atomic E-state index is -2.50. The van der Waals surface area contributed by atoms with Crippen LogP contribution in [0.2, 0.25) is 0 Å². The summed E-state index contributed by atoms with van der Waals surface area (Å²) < 4.78 is 0. The van der Waals surface area contributed by atoms with Gasteiger partial charge in [-0.3, -0.25) is 9.59 Å². The van der Waals surface area contributed by atoms with Crippen molar-refractivity contribution in [1.82, 2.24) is 0 Å². The third-order valence-corrected chi connectivity index (χ3v) is 3.20. The van der Waals surface area contributed by atoms with E-state index < -0.39 is 80.8 Å². The summed E-state index contributed by atoms with van der Waals surface area (Å²) >= 11 is 0. The number of aromatic carboxylic acids is 4. The first kappa shape index (κ1) is 21.4. The molecule has 0 unspecified atom stereocenters. The topological polar surface area (TPSA) is 258 Å². The van der Waals surface area contributed by atoms with Gasteiger partial charge in [0, 0.05) is 0 Å². The van der Waals surface area contributed by atoms with Crippen LogP contribution < -0.4 is 0 Å². The summed E-state index contributed by atoms with van der Waals surface area (Å²) in [7, 11) is 0. The average molecular weight is 398 g/mol. The highest BCUT2D eigenvalue weighted by molar-refractivity contribution is 6.49. The zero-order chi connectivity index (χ0) is 22.1. The van der Waals surface area contributed by atoms with E-state index in [9.17, 15) is 48.6 Å². The number of carboxylic acid groups (broad SMARTS) is 6. The van der Waals surface area contributed by atoms with E-state index in [4.69, 9.17) is 20.4 Å². The highest BCUT2D eigenvalue weighted by Gasteiger charge is 2.42. The third-order valence-electron chi connectivity index (χ3n) is 3.20. The van der Waals surface area contributed by atoms with Crippen LogP contribution in [0.25, 0.3) is 0 Å². The molecule has 1 rings (SSSR count). The van der Waals surface area contributed by atoms with Gasteiger partial charge in [-0.1, -0.05) is 0 Å². The monoisotopic (exact) mass is 398 g/mol. The fraction of sp³-hybridized carbons (Fsp3) is 0. The van der Waals surface area contributed by atoms with Crippen molar-refractivity contribution in [2.75, 3.05) is 0 Å². The van der Waals surface area contributed by atoms with E-state index in [2.05, 4.69) is 0 Å². The maximum absolute atomic E-state index is 11.9. The molecule has 0 bridgehead atoms. The molecule has 0 saturated carbocycles. The first-order valence-electron chi connectivity index (χ1n) is 6.47. The highest BCUT2D eigenvalue weighted by atomic mass is 16.4. The molecule has 14 heteroatoms. The molecule has 14 nitrogen and oxygen atoms in total. The Bertz CT molecular complexity index is 931. The van der Waals surface area contributed by atoms with E-state index in [0.717, 1.165) is 0 Å². The Morgan fingerprint density at radius 3 is 0.679 bits per heavy atom. The van der Waals surface area contributed by atoms with Gasteiger partial charge in [-0.25, -0.2) is 28.8 Å². The Morgan fingerprint density at radius 2 is 0.536 bits per heavy atom. The molecule has 0 radical (unpaired) electrons. The van der Waals surface area contributed by atoms with Crippen LogP contribution in [0.15, 0.2) is 0 Å². The Hall–Kier alpha value is -4.62. The van der Waals surface area contributed by atoms with Crippen LogP contribution >= 0.6 is 0 Å². The molecule has 0 aromatic heterocycles. The summed E-state index contributed by atoms with van der Waals surface area (Å²) in [6.07, 6.45) is 0. The molecular formula is C14H6O14. The molecule has 0 heterocycles. The lowest BCUT2D eigenvalue weighted by atomic mass is 9.82. The summed E-state index contributed by atoms with van der Waals surface area (Å²) in [5.74, 6) is -19.3. The van der Waals surface area contributed by atoms with Crippen molar-refractivity contribution in [2.24, 2.45) is 0 Å². The number of aliphatic carboxylic acids is 2. The second-order valence-corrected chi connectivity index (χ2v) is 4.74. The van der Waals surface area contributed by atoms with Crippen LogP contribution in [0.5, 0.6) is 0 Å². The van der Waals surface area contributed by atoms with Gasteiger partial charge in [0.2, 0.25) is 0 Å². The number of ketones is 2. The van der Waals surface area contributed by atoms with Gasteiger partial charge in [-0.15, -0.1) is 0 Å². The minimum Gasteiger partial charge on any atom is -0.478 e. The summed E-state index contributed by atoms with van der Waals surface area (Å²) in [6.45, 7) is 0. The average Bonchev–Trinajstić information content (AvgIpc) is 2.56. The zero-order valence-electron chi connectivity index (χ0n) is 12.9. The van der Waals surface area contributed by atoms with Gasteiger partial charge in [0.1, 0.15) is 0 Å². The van der Waals surface area contributed by atoms with Gasteiger partial charge in [0.25, 0.3) is 11.6 Å². The number of hydrogen-bond donors (Lipinski definition) is 6. The molecule has 6 N–H and O–H groups in total. The van der Waals surface area contributed by atoms with Gasteiger partial charge in [0.15, 0.2) is 0 Å². The van der Waals surface area contributed by atoms with Crippen molar-refractivity contribution in [3.8, 4) is 0 Å². The molecule has 0 fully saturated rings. The third kappa shape index (κ3) is 3.36. The van der Waals surface area contributed by atoms with E-state index >= 15 is 0 Å². The van der Waals surface area contributed by atoms with E-state index in [-0.39, 0.29) is 0 Å². The summed E-state index contributed by atoms with van der Waals surface area (Å²) in [5.41, 5.74) is -11.2. The Balaban J connectivity index is 4.65. The zero-order valence-corrected chi connectivity index (χ0v) is 12.9. The summed E-state index contributed by atoms with van der Waals surface area (Å²) in [5, 5.41) is 54.3. The maximum atomic E-state index is 11.9. The van der Waals surface area contributed by atoms with Gasteiger partial charge < -0.3 is 30.6 Å². The van der Waals surface area contributed by atoms with Crippen LogP contribution in [-0.2, 0) is 9.59 Å². The lowest BCUT2D eigenvalue weighted by Gasteiger charge is -2.17. The largest absolute Gasteiger partial charge is 0.478 e. The number of benzene rings is 1. The van der Waals surface area contributed by atoms with Crippen molar-refractivity contribution in [2.45, 2.75) is 0 Å². The molecule has 1 aromatic carbocycles. The summed E-state index contributed by atoms with van der Waals surface area (Å²) in [4.78, 5) is 91.5. The molecule has 0 aliphatic heterocycles. The van der Waals surface area contributed by atoms with Gasteiger partial charge in [-0.05, 0) is 0 Å². The fourth-order valence-electron chi connectivity index (χ4n) is 2.27. The lowest BCUT2D eigenvalue weighted by molar-refractivity contribution is -0.132. The molecule has 0 aliphatic carbocycles. The predicted octanol–water partition coefficient (Wildman–Crippen LogP) is -0.986. The van der Waals surface area contributed by atoms with E-state index in [1.54, 1.807) is 0 Å². The van der Waals surface area contributed by atoms with E-state index in [1.807, 2.05) is 0 Å². The first-order valence-corrected chi connectivity index (χ1v) is 6.47. The predicted molar refractivity (Wildman–Crippen MR) is 78.2 cm³/mol. The van der Waals surface area contributed by atoms with Crippen molar-refractivity contribution < 1.29 is 69.0 Å².